The fourth-order valence-electron chi connectivity index (χ4n) is 3.11. The Morgan fingerprint density at radius 2 is 1.83 bits per heavy atom. The second-order valence-electron chi connectivity index (χ2n) is 6.69. The molecule has 7 heteroatoms. The maximum absolute atomic E-state index is 12.6. The maximum atomic E-state index is 12.6. The normalized spacial score (nSPS) is 11.9. The Balaban J connectivity index is 1.43. The van der Waals surface area contributed by atoms with Crippen molar-refractivity contribution in [3.8, 4) is 11.4 Å². The average molecular weight is 387 g/mol. The number of aryl methyl sites for hydroxylation is 2. The van der Waals surface area contributed by atoms with Crippen LogP contribution in [0.1, 0.15) is 29.7 Å². The Hall–Kier alpha value is -3.74. The highest BCUT2D eigenvalue weighted by Crippen LogP contribution is 2.21. The molecule has 0 radical (unpaired) electrons. The summed E-state index contributed by atoms with van der Waals surface area (Å²) in [5.41, 5.74) is 1.85. The molecule has 0 aliphatic rings. The van der Waals surface area contributed by atoms with Gasteiger partial charge in [-0.3, -0.25) is 4.79 Å². The topological polar surface area (TPSA) is 85.8 Å². The summed E-state index contributed by atoms with van der Waals surface area (Å²) in [6.07, 6.45) is 4.19. The molecule has 7 nitrogen and oxygen atoms in total. The predicted octanol–water partition coefficient (Wildman–Crippen LogP) is 3.31. The lowest BCUT2D eigenvalue weighted by molar-refractivity contribution is -0.121. The molecular weight excluding hydrogens is 366 g/mol. The minimum Gasteiger partial charge on any atom is -0.342 e. The molecule has 0 saturated heterocycles. The van der Waals surface area contributed by atoms with Gasteiger partial charge in [-0.1, -0.05) is 65.8 Å². The van der Waals surface area contributed by atoms with Crippen molar-refractivity contribution in [2.24, 2.45) is 7.05 Å². The van der Waals surface area contributed by atoms with E-state index < -0.39 is 0 Å². The van der Waals surface area contributed by atoms with Crippen LogP contribution in [0.15, 0.2) is 77.6 Å². The third-order valence-electron chi connectivity index (χ3n) is 4.62. The van der Waals surface area contributed by atoms with Gasteiger partial charge in [0.1, 0.15) is 11.9 Å². The molecule has 1 atom stereocenters. The minimum atomic E-state index is -0.328. The van der Waals surface area contributed by atoms with Crippen LogP contribution in [0.2, 0.25) is 0 Å². The van der Waals surface area contributed by atoms with Crippen LogP contribution in [0.4, 0.5) is 0 Å². The SMILES string of the molecule is Cn1ccnc1[C@@H](NC(=O)CCc1nc(-c2ccccc2)no1)c1ccccc1. The number of nitrogens with zero attached hydrogens (tertiary/aromatic N) is 4. The Morgan fingerprint density at radius 3 is 2.52 bits per heavy atom. The summed E-state index contributed by atoms with van der Waals surface area (Å²) in [7, 11) is 1.91. The van der Waals surface area contributed by atoms with E-state index in [0.29, 0.717) is 18.1 Å². The Morgan fingerprint density at radius 1 is 1.10 bits per heavy atom. The van der Waals surface area contributed by atoms with Crippen LogP contribution in [0.3, 0.4) is 0 Å². The Kier molecular flexibility index (Phi) is 5.47. The molecule has 0 saturated carbocycles. The number of carbonyl (C=O) groups excluding carboxylic acids is 1. The van der Waals surface area contributed by atoms with E-state index in [2.05, 4.69) is 20.4 Å². The minimum absolute atomic E-state index is 0.110. The van der Waals surface area contributed by atoms with E-state index in [1.807, 2.05) is 78.5 Å². The third kappa shape index (κ3) is 4.40. The second kappa shape index (κ2) is 8.52. The van der Waals surface area contributed by atoms with Gasteiger partial charge in [0.25, 0.3) is 0 Å². The Bertz CT molecular complexity index is 1070. The van der Waals surface area contributed by atoms with Crippen LogP contribution >= 0.6 is 0 Å². The maximum Gasteiger partial charge on any atom is 0.227 e. The van der Waals surface area contributed by atoms with Crippen molar-refractivity contribution in [3.63, 3.8) is 0 Å². The van der Waals surface area contributed by atoms with Crippen LogP contribution < -0.4 is 5.32 Å². The number of aromatic nitrogens is 4. The van der Waals surface area contributed by atoms with Crippen molar-refractivity contribution in [2.75, 3.05) is 0 Å². The lowest BCUT2D eigenvalue weighted by Crippen LogP contribution is -2.31. The lowest BCUT2D eigenvalue weighted by Gasteiger charge is -2.19. The van der Waals surface area contributed by atoms with Crippen LogP contribution in [0.25, 0.3) is 11.4 Å². The number of imidazole rings is 1. The molecule has 2 heterocycles. The van der Waals surface area contributed by atoms with Crippen molar-refractivity contribution >= 4 is 5.91 Å². The van der Waals surface area contributed by atoms with E-state index >= 15 is 0 Å². The highest BCUT2D eigenvalue weighted by molar-refractivity contribution is 5.77. The van der Waals surface area contributed by atoms with Gasteiger partial charge in [0, 0.05) is 37.8 Å². The van der Waals surface area contributed by atoms with Gasteiger partial charge in [-0.15, -0.1) is 0 Å². The predicted molar refractivity (Wildman–Crippen MR) is 108 cm³/mol. The summed E-state index contributed by atoms with van der Waals surface area (Å²) < 4.78 is 7.20. The van der Waals surface area contributed by atoms with E-state index in [1.54, 1.807) is 6.20 Å². The molecule has 0 spiro atoms. The van der Waals surface area contributed by atoms with Crippen molar-refractivity contribution < 1.29 is 9.32 Å². The van der Waals surface area contributed by atoms with Crippen LogP contribution in [0, 0.1) is 0 Å². The highest BCUT2D eigenvalue weighted by atomic mass is 16.5. The summed E-state index contributed by atoms with van der Waals surface area (Å²) in [5, 5.41) is 7.07. The first-order valence-electron chi connectivity index (χ1n) is 9.40. The summed E-state index contributed by atoms with van der Waals surface area (Å²) >= 11 is 0. The molecule has 4 aromatic rings. The van der Waals surface area contributed by atoms with E-state index in [4.69, 9.17) is 4.52 Å². The molecule has 0 bridgehead atoms. The average Bonchev–Trinajstić information content (AvgIpc) is 3.41. The number of rotatable bonds is 7. The molecule has 2 aromatic carbocycles. The number of hydrogen-bond donors (Lipinski definition) is 1. The first kappa shape index (κ1) is 18.6. The summed E-state index contributed by atoms with van der Waals surface area (Å²) in [6, 6.07) is 19.1. The first-order chi connectivity index (χ1) is 14.2. The smallest absolute Gasteiger partial charge is 0.227 e. The number of nitrogens with one attached hydrogen (secondary N) is 1. The van der Waals surface area contributed by atoms with Gasteiger partial charge in [0.2, 0.25) is 17.6 Å². The molecule has 0 fully saturated rings. The van der Waals surface area contributed by atoms with E-state index in [1.165, 1.54) is 0 Å². The van der Waals surface area contributed by atoms with E-state index in [9.17, 15) is 4.79 Å². The summed E-state index contributed by atoms with van der Waals surface area (Å²) in [4.78, 5) is 21.4. The van der Waals surface area contributed by atoms with Crippen molar-refractivity contribution in [2.45, 2.75) is 18.9 Å². The molecular formula is C22H21N5O2. The number of hydrogen-bond acceptors (Lipinski definition) is 5. The zero-order valence-electron chi connectivity index (χ0n) is 16.0. The van der Waals surface area contributed by atoms with Gasteiger partial charge in [0.15, 0.2) is 0 Å². The Labute approximate surface area is 168 Å². The lowest BCUT2D eigenvalue weighted by atomic mass is 10.1. The third-order valence-corrected chi connectivity index (χ3v) is 4.62. The molecule has 1 N–H and O–H groups in total. The summed E-state index contributed by atoms with van der Waals surface area (Å²) in [5.74, 6) is 1.62. The van der Waals surface area contributed by atoms with Crippen molar-refractivity contribution in [1.82, 2.24) is 25.0 Å². The molecule has 1 amide bonds. The van der Waals surface area contributed by atoms with Gasteiger partial charge in [0.05, 0.1) is 0 Å². The zero-order valence-corrected chi connectivity index (χ0v) is 16.0. The standard InChI is InChI=1S/C22H21N5O2/c1-27-15-14-23-22(27)20(16-8-4-2-5-9-16)24-18(28)12-13-19-25-21(26-29-19)17-10-6-3-7-11-17/h2-11,14-15,20H,12-13H2,1H3,(H,24,28)/t20-/m0/s1. The molecule has 0 unspecified atom stereocenters. The van der Waals surface area contributed by atoms with Gasteiger partial charge in [-0.25, -0.2) is 4.98 Å². The molecule has 2 aromatic heterocycles. The van der Waals surface area contributed by atoms with E-state index in [-0.39, 0.29) is 18.4 Å². The quantitative estimate of drug-likeness (QED) is 0.526. The molecule has 4 rings (SSSR count). The number of amides is 1. The van der Waals surface area contributed by atoms with Gasteiger partial charge >= 0.3 is 0 Å². The van der Waals surface area contributed by atoms with Crippen molar-refractivity contribution in [1.29, 1.82) is 0 Å². The van der Waals surface area contributed by atoms with Crippen LogP contribution in [-0.2, 0) is 18.3 Å². The first-order valence-corrected chi connectivity index (χ1v) is 9.40. The van der Waals surface area contributed by atoms with Crippen LogP contribution in [-0.4, -0.2) is 25.6 Å². The van der Waals surface area contributed by atoms with Gasteiger partial charge < -0.3 is 14.4 Å². The highest BCUT2D eigenvalue weighted by Gasteiger charge is 2.21. The van der Waals surface area contributed by atoms with Gasteiger partial charge in [-0.05, 0) is 5.56 Å². The van der Waals surface area contributed by atoms with Crippen LogP contribution in [0.5, 0.6) is 0 Å². The number of carbonyl (C=O) groups is 1. The molecule has 29 heavy (non-hydrogen) atoms. The number of benzene rings is 2. The fourth-order valence-corrected chi connectivity index (χ4v) is 3.11. The fraction of sp³-hybridized carbons (Fsp3) is 0.182. The molecule has 146 valence electrons. The van der Waals surface area contributed by atoms with E-state index in [0.717, 1.165) is 17.0 Å². The molecule has 0 aliphatic heterocycles. The van der Waals surface area contributed by atoms with Crippen molar-refractivity contribution in [3.05, 3.63) is 90.3 Å². The second-order valence-corrected chi connectivity index (χ2v) is 6.69. The van der Waals surface area contributed by atoms with Gasteiger partial charge in [-0.2, -0.15) is 4.98 Å². The largest absolute Gasteiger partial charge is 0.342 e. The summed E-state index contributed by atoms with van der Waals surface area (Å²) in [6.45, 7) is 0. The monoisotopic (exact) mass is 387 g/mol. The zero-order chi connectivity index (χ0) is 20.1. The molecule has 0 aliphatic carbocycles.